The fourth-order valence-electron chi connectivity index (χ4n) is 1.66. The van der Waals surface area contributed by atoms with E-state index in [0.717, 1.165) is 6.42 Å². The molecule has 0 rings (SSSR count). The molecule has 14 heavy (non-hydrogen) atoms. The van der Waals surface area contributed by atoms with E-state index in [-0.39, 0.29) is 0 Å². The molecule has 0 heterocycles. The summed E-state index contributed by atoms with van der Waals surface area (Å²) in [6.45, 7) is 8.54. The molecule has 0 aromatic rings. The van der Waals surface area contributed by atoms with Crippen molar-refractivity contribution in [1.29, 1.82) is 0 Å². The zero-order chi connectivity index (χ0) is 10.6. The van der Waals surface area contributed by atoms with Crippen molar-refractivity contribution in [3.8, 4) is 0 Å². The first kappa shape index (κ1) is 13.9. The van der Waals surface area contributed by atoms with E-state index in [2.05, 4.69) is 18.7 Å². The van der Waals surface area contributed by atoms with E-state index < -0.39 is 0 Å². The van der Waals surface area contributed by atoms with E-state index in [1.807, 2.05) is 0 Å². The van der Waals surface area contributed by atoms with Gasteiger partial charge in [0.1, 0.15) is 0 Å². The van der Waals surface area contributed by atoms with Crippen molar-refractivity contribution in [2.75, 3.05) is 26.2 Å². The first-order valence-electron chi connectivity index (χ1n) is 6.18. The van der Waals surface area contributed by atoms with Crippen LogP contribution in [0.2, 0.25) is 0 Å². The number of rotatable bonds is 10. The molecule has 0 amide bonds. The first-order chi connectivity index (χ1) is 6.85. The fourth-order valence-corrected chi connectivity index (χ4v) is 1.66. The summed E-state index contributed by atoms with van der Waals surface area (Å²) in [6.07, 6.45) is 7.24. The maximum Gasteiger partial charge on any atom is 0.0431 e. The molecule has 0 radical (unpaired) electrons. The highest BCUT2D eigenvalue weighted by molar-refractivity contribution is 4.57. The van der Waals surface area contributed by atoms with Gasteiger partial charge in [0.05, 0.1) is 0 Å². The molecule has 0 aliphatic rings. The summed E-state index contributed by atoms with van der Waals surface area (Å²) in [5.74, 6) is 0. The number of hydrogen-bond donors (Lipinski definition) is 1. The predicted molar refractivity (Wildman–Crippen MR) is 62.6 cm³/mol. The van der Waals surface area contributed by atoms with Gasteiger partial charge in [-0.2, -0.15) is 0 Å². The standard InChI is InChI=1S/C12H27NO/c1-3-5-10-13(9-4-2)11-7-6-8-12-14/h14H,3-12H2,1-2H3. The first-order valence-corrected chi connectivity index (χ1v) is 6.18. The second kappa shape index (κ2) is 11.0. The lowest BCUT2D eigenvalue weighted by molar-refractivity contribution is 0.250. The minimum absolute atomic E-state index is 0.350. The van der Waals surface area contributed by atoms with E-state index in [1.165, 1.54) is 51.7 Å². The second-order valence-electron chi connectivity index (χ2n) is 3.98. The molecule has 0 aromatic carbocycles. The van der Waals surface area contributed by atoms with Crippen molar-refractivity contribution in [3.63, 3.8) is 0 Å². The number of aliphatic hydroxyl groups excluding tert-OH is 1. The summed E-state index contributed by atoms with van der Waals surface area (Å²) >= 11 is 0. The molecule has 2 nitrogen and oxygen atoms in total. The van der Waals surface area contributed by atoms with Gasteiger partial charge < -0.3 is 10.0 Å². The molecule has 0 saturated heterocycles. The molecule has 0 unspecified atom stereocenters. The van der Waals surface area contributed by atoms with Crippen LogP contribution in [0.5, 0.6) is 0 Å². The Balaban J connectivity index is 3.40. The van der Waals surface area contributed by atoms with Crippen molar-refractivity contribution < 1.29 is 5.11 Å². The maximum atomic E-state index is 8.66. The molecule has 2 heteroatoms. The highest BCUT2D eigenvalue weighted by atomic mass is 16.2. The lowest BCUT2D eigenvalue weighted by atomic mass is 10.2. The highest BCUT2D eigenvalue weighted by Gasteiger charge is 2.01. The normalized spacial score (nSPS) is 11.1. The van der Waals surface area contributed by atoms with Gasteiger partial charge in [-0.15, -0.1) is 0 Å². The van der Waals surface area contributed by atoms with Crippen LogP contribution in [0.1, 0.15) is 52.4 Å². The minimum atomic E-state index is 0.350. The van der Waals surface area contributed by atoms with Gasteiger partial charge in [0, 0.05) is 6.61 Å². The van der Waals surface area contributed by atoms with Crippen molar-refractivity contribution in [1.82, 2.24) is 4.90 Å². The fraction of sp³-hybridized carbons (Fsp3) is 1.00. The third-order valence-corrected chi connectivity index (χ3v) is 2.50. The van der Waals surface area contributed by atoms with Crippen LogP contribution in [-0.2, 0) is 0 Å². The molecular weight excluding hydrogens is 174 g/mol. The number of hydrogen-bond acceptors (Lipinski definition) is 2. The molecule has 0 bridgehead atoms. The highest BCUT2D eigenvalue weighted by Crippen LogP contribution is 2.01. The molecule has 0 atom stereocenters. The second-order valence-corrected chi connectivity index (χ2v) is 3.98. The van der Waals surface area contributed by atoms with E-state index in [4.69, 9.17) is 5.11 Å². The van der Waals surface area contributed by atoms with E-state index in [0.29, 0.717) is 6.61 Å². The topological polar surface area (TPSA) is 23.5 Å². The summed E-state index contributed by atoms with van der Waals surface area (Å²) in [5, 5.41) is 8.66. The Labute approximate surface area is 89.3 Å². The van der Waals surface area contributed by atoms with Crippen LogP contribution in [0.3, 0.4) is 0 Å². The van der Waals surface area contributed by atoms with Crippen LogP contribution in [0.15, 0.2) is 0 Å². The summed E-state index contributed by atoms with van der Waals surface area (Å²) in [6, 6.07) is 0. The summed E-state index contributed by atoms with van der Waals surface area (Å²) < 4.78 is 0. The third-order valence-electron chi connectivity index (χ3n) is 2.50. The zero-order valence-electron chi connectivity index (χ0n) is 9.97. The van der Waals surface area contributed by atoms with Crippen LogP contribution < -0.4 is 0 Å². The van der Waals surface area contributed by atoms with E-state index in [9.17, 15) is 0 Å². The maximum absolute atomic E-state index is 8.66. The Morgan fingerprint density at radius 2 is 1.50 bits per heavy atom. The Hall–Kier alpha value is -0.0800. The molecular formula is C12H27NO. The molecule has 0 spiro atoms. The zero-order valence-corrected chi connectivity index (χ0v) is 9.97. The molecule has 0 aliphatic heterocycles. The van der Waals surface area contributed by atoms with E-state index >= 15 is 0 Å². The van der Waals surface area contributed by atoms with Crippen LogP contribution in [0.4, 0.5) is 0 Å². The Kier molecular flexibility index (Phi) is 10.9. The summed E-state index contributed by atoms with van der Waals surface area (Å²) in [5.41, 5.74) is 0. The molecule has 0 aromatic heterocycles. The minimum Gasteiger partial charge on any atom is -0.396 e. The number of aliphatic hydroxyl groups is 1. The van der Waals surface area contributed by atoms with Gasteiger partial charge in [-0.05, 0) is 51.7 Å². The van der Waals surface area contributed by atoms with Gasteiger partial charge in [0.25, 0.3) is 0 Å². The predicted octanol–water partition coefficient (Wildman–Crippen LogP) is 2.66. The van der Waals surface area contributed by atoms with Gasteiger partial charge in [0.2, 0.25) is 0 Å². The van der Waals surface area contributed by atoms with Crippen molar-refractivity contribution in [3.05, 3.63) is 0 Å². The average Bonchev–Trinajstić information content (AvgIpc) is 2.20. The van der Waals surface area contributed by atoms with Crippen molar-refractivity contribution in [2.24, 2.45) is 0 Å². The average molecular weight is 201 g/mol. The van der Waals surface area contributed by atoms with Gasteiger partial charge in [-0.25, -0.2) is 0 Å². The molecule has 0 aliphatic carbocycles. The van der Waals surface area contributed by atoms with Crippen molar-refractivity contribution in [2.45, 2.75) is 52.4 Å². The molecule has 0 saturated carbocycles. The third kappa shape index (κ3) is 8.52. The van der Waals surface area contributed by atoms with Gasteiger partial charge >= 0.3 is 0 Å². The van der Waals surface area contributed by atoms with E-state index in [1.54, 1.807) is 0 Å². The van der Waals surface area contributed by atoms with Gasteiger partial charge in [0.15, 0.2) is 0 Å². The van der Waals surface area contributed by atoms with Crippen LogP contribution in [0, 0.1) is 0 Å². The Morgan fingerprint density at radius 1 is 0.786 bits per heavy atom. The Bertz CT molecular complexity index is 106. The van der Waals surface area contributed by atoms with Crippen LogP contribution in [-0.4, -0.2) is 36.2 Å². The largest absolute Gasteiger partial charge is 0.396 e. The number of nitrogens with zero attached hydrogens (tertiary/aromatic N) is 1. The molecule has 0 fully saturated rings. The lowest BCUT2D eigenvalue weighted by Crippen LogP contribution is -2.26. The Morgan fingerprint density at radius 3 is 2.07 bits per heavy atom. The van der Waals surface area contributed by atoms with Gasteiger partial charge in [-0.3, -0.25) is 0 Å². The lowest BCUT2D eigenvalue weighted by Gasteiger charge is -2.21. The van der Waals surface area contributed by atoms with Gasteiger partial charge in [-0.1, -0.05) is 20.3 Å². The number of unbranched alkanes of at least 4 members (excludes halogenated alkanes) is 3. The smallest absolute Gasteiger partial charge is 0.0431 e. The summed E-state index contributed by atoms with van der Waals surface area (Å²) in [4.78, 5) is 2.56. The quantitative estimate of drug-likeness (QED) is 0.549. The molecule has 86 valence electrons. The molecule has 1 N–H and O–H groups in total. The summed E-state index contributed by atoms with van der Waals surface area (Å²) in [7, 11) is 0. The van der Waals surface area contributed by atoms with Crippen LogP contribution >= 0.6 is 0 Å². The monoisotopic (exact) mass is 201 g/mol. The van der Waals surface area contributed by atoms with Crippen LogP contribution in [0.25, 0.3) is 0 Å². The SMILES string of the molecule is CCCCN(CCC)CCCCCO. The van der Waals surface area contributed by atoms with Crippen molar-refractivity contribution >= 4 is 0 Å².